The summed E-state index contributed by atoms with van der Waals surface area (Å²) in [7, 11) is 0. The van der Waals surface area contributed by atoms with Gasteiger partial charge in [-0.15, -0.1) is 0 Å². The Morgan fingerprint density at radius 1 is 0.944 bits per heavy atom. The molecule has 0 fully saturated rings. The second-order valence-corrected chi connectivity index (χ2v) is 5.06. The number of ketones is 2. The first-order chi connectivity index (χ1) is 8.43. The first-order valence-corrected chi connectivity index (χ1v) is 6.87. The smallest absolute Gasteiger partial charge is 0.166 e. The Labute approximate surface area is 115 Å². The molecular weight excluding hydrogens is 248 g/mol. The van der Waals surface area contributed by atoms with E-state index >= 15 is 0 Å². The number of thiocarbonyl (C=S) groups is 1. The van der Waals surface area contributed by atoms with Crippen LogP contribution in [-0.4, -0.2) is 34.7 Å². The Morgan fingerprint density at radius 2 is 1.33 bits per heavy atom. The van der Waals surface area contributed by atoms with Gasteiger partial charge in [-0.3, -0.25) is 0 Å². The fourth-order valence-electron chi connectivity index (χ4n) is 1.69. The Balaban J connectivity index is 3.75. The number of nitrogens with zero attached hydrogens (tertiary/aromatic N) is 1. The molecule has 0 spiro atoms. The molecule has 0 saturated carbocycles. The zero-order valence-electron chi connectivity index (χ0n) is 11.4. The van der Waals surface area contributed by atoms with E-state index in [2.05, 4.69) is 0 Å². The number of hydrogen-bond donors (Lipinski definition) is 1. The lowest BCUT2D eigenvalue weighted by Crippen LogP contribution is -2.37. The van der Waals surface area contributed by atoms with Crippen molar-refractivity contribution >= 4 is 28.9 Å². The maximum atomic E-state index is 10.8. The van der Waals surface area contributed by atoms with E-state index in [-0.39, 0.29) is 11.6 Å². The van der Waals surface area contributed by atoms with Crippen LogP contribution in [0.25, 0.3) is 0 Å². The predicted octanol–water partition coefficient (Wildman–Crippen LogP) is 2.05. The van der Waals surface area contributed by atoms with E-state index < -0.39 is 0 Å². The van der Waals surface area contributed by atoms with Crippen LogP contribution in [0.5, 0.6) is 0 Å². The monoisotopic (exact) mass is 272 g/mol. The lowest BCUT2D eigenvalue weighted by atomic mass is 10.1. The van der Waals surface area contributed by atoms with Crippen molar-refractivity contribution in [2.45, 2.75) is 52.4 Å². The minimum absolute atomic E-state index is 0.221. The van der Waals surface area contributed by atoms with Crippen LogP contribution in [0.15, 0.2) is 0 Å². The molecule has 0 aliphatic heterocycles. The van der Waals surface area contributed by atoms with Crippen LogP contribution in [0.4, 0.5) is 0 Å². The highest BCUT2D eigenvalue weighted by Crippen LogP contribution is 2.03. The van der Waals surface area contributed by atoms with Crippen molar-refractivity contribution in [1.29, 1.82) is 0 Å². The Bertz CT molecular complexity index is 271. The number of nitrogens with two attached hydrogens (primary N) is 1. The standard InChI is InChI=1S/C13H24N2O2S/c1-11(16)7-3-5-9-15(13(14)18)10-6-4-8-12(2)17/h3-10H2,1-2H3,(H2,14,18). The zero-order valence-corrected chi connectivity index (χ0v) is 12.2. The first-order valence-electron chi connectivity index (χ1n) is 6.46. The number of rotatable bonds is 10. The van der Waals surface area contributed by atoms with Crippen LogP contribution in [-0.2, 0) is 9.59 Å². The fraction of sp³-hybridized carbons (Fsp3) is 0.769. The Hall–Kier alpha value is -0.970. The summed E-state index contributed by atoms with van der Waals surface area (Å²) in [6.45, 7) is 4.80. The van der Waals surface area contributed by atoms with Crippen LogP contribution in [0.3, 0.4) is 0 Å². The van der Waals surface area contributed by atoms with Gasteiger partial charge in [0.2, 0.25) is 0 Å². The minimum atomic E-state index is 0.221. The van der Waals surface area contributed by atoms with Crippen LogP contribution in [0.1, 0.15) is 52.4 Å². The van der Waals surface area contributed by atoms with E-state index in [0.717, 1.165) is 38.8 Å². The van der Waals surface area contributed by atoms with Crippen molar-refractivity contribution in [2.24, 2.45) is 5.73 Å². The Kier molecular flexibility index (Phi) is 9.46. The van der Waals surface area contributed by atoms with Gasteiger partial charge in [0.05, 0.1) is 0 Å². The van der Waals surface area contributed by atoms with Crippen LogP contribution in [0, 0.1) is 0 Å². The molecule has 104 valence electrons. The molecule has 0 heterocycles. The first kappa shape index (κ1) is 17.0. The topological polar surface area (TPSA) is 63.4 Å². The molecule has 0 aliphatic carbocycles. The highest BCUT2D eigenvalue weighted by Gasteiger charge is 2.06. The predicted molar refractivity (Wildman–Crippen MR) is 77.4 cm³/mol. The fourth-order valence-corrected chi connectivity index (χ4v) is 1.87. The molecular formula is C13H24N2O2S. The van der Waals surface area contributed by atoms with Crippen molar-refractivity contribution < 1.29 is 9.59 Å². The van der Waals surface area contributed by atoms with Gasteiger partial charge in [-0.1, -0.05) is 0 Å². The average molecular weight is 272 g/mol. The summed E-state index contributed by atoms with van der Waals surface area (Å²) in [5, 5.41) is 0.403. The molecule has 0 aromatic carbocycles. The summed E-state index contributed by atoms with van der Waals surface area (Å²) in [4.78, 5) is 23.6. The van der Waals surface area contributed by atoms with Gasteiger partial charge in [0.25, 0.3) is 0 Å². The maximum Gasteiger partial charge on any atom is 0.166 e. The van der Waals surface area contributed by atoms with Crippen molar-refractivity contribution in [1.82, 2.24) is 4.90 Å². The quantitative estimate of drug-likeness (QED) is 0.487. The largest absolute Gasteiger partial charge is 0.376 e. The van der Waals surface area contributed by atoms with Crippen molar-refractivity contribution in [3.05, 3.63) is 0 Å². The number of unbranched alkanes of at least 4 members (excludes halogenated alkanes) is 2. The maximum absolute atomic E-state index is 10.8. The van der Waals surface area contributed by atoms with Gasteiger partial charge in [-0.25, -0.2) is 0 Å². The summed E-state index contributed by atoms with van der Waals surface area (Å²) in [6, 6.07) is 0. The lowest BCUT2D eigenvalue weighted by molar-refractivity contribution is -0.117. The molecule has 0 amide bonds. The zero-order chi connectivity index (χ0) is 14.0. The van der Waals surface area contributed by atoms with Crippen LogP contribution < -0.4 is 5.73 Å². The van der Waals surface area contributed by atoms with Crippen LogP contribution >= 0.6 is 12.2 Å². The molecule has 0 aromatic heterocycles. The molecule has 0 saturated heterocycles. The summed E-state index contributed by atoms with van der Waals surface area (Å²) < 4.78 is 0. The molecule has 5 heteroatoms. The van der Waals surface area contributed by atoms with E-state index in [4.69, 9.17) is 18.0 Å². The van der Waals surface area contributed by atoms with Crippen molar-refractivity contribution in [3.8, 4) is 0 Å². The highest BCUT2D eigenvalue weighted by atomic mass is 32.1. The molecule has 0 aliphatic rings. The molecule has 2 N–H and O–H groups in total. The van der Waals surface area contributed by atoms with E-state index in [1.165, 1.54) is 0 Å². The summed E-state index contributed by atoms with van der Waals surface area (Å²) in [6.07, 6.45) is 4.84. The van der Waals surface area contributed by atoms with Crippen molar-refractivity contribution in [3.63, 3.8) is 0 Å². The third kappa shape index (κ3) is 10.2. The molecule has 4 nitrogen and oxygen atoms in total. The second-order valence-electron chi connectivity index (χ2n) is 4.64. The van der Waals surface area contributed by atoms with Gasteiger partial charge in [-0.2, -0.15) is 0 Å². The highest BCUT2D eigenvalue weighted by molar-refractivity contribution is 7.80. The Morgan fingerprint density at radius 3 is 1.61 bits per heavy atom. The summed E-state index contributed by atoms with van der Waals surface area (Å²) >= 11 is 4.99. The normalized spacial score (nSPS) is 10.1. The van der Waals surface area contributed by atoms with Gasteiger partial charge in [0.1, 0.15) is 11.6 Å². The molecule has 0 unspecified atom stereocenters. The minimum Gasteiger partial charge on any atom is -0.376 e. The van der Waals surface area contributed by atoms with E-state index in [0.29, 0.717) is 18.0 Å². The van der Waals surface area contributed by atoms with E-state index in [9.17, 15) is 9.59 Å². The van der Waals surface area contributed by atoms with Gasteiger partial charge < -0.3 is 20.2 Å². The number of carbonyl (C=O) groups is 2. The average Bonchev–Trinajstić information content (AvgIpc) is 2.25. The summed E-state index contributed by atoms with van der Waals surface area (Å²) in [5.41, 5.74) is 5.64. The lowest BCUT2D eigenvalue weighted by Gasteiger charge is -2.22. The number of carbonyl (C=O) groups excluding carboxylic acids is 2. The molecule has 0 atom stereocenters. The van der Waals surface area contributed by atoms with Gasteiger partial charge in [0.15, 0.2) is 5.11 Å². The number of Topliss-reactive ketones (excluding diaryl/α,β-unsaturated/α-hetero) is 2. The van der Waals surface area contributed by atoms with Gasteiger partial charge >= 0.3 is 0 Å². The number of hydrogen-bond acceptors (Lipinski definition) is 3. The van der Waals surface area contributed by atoms with Gasteiger partial charge in [-0.05, 0) is 51.7 Å². The SMILES string of the molecule is CC(=O)CCCCN(CCCCC(C)=O)C(N)=S. The molecule has 0 radical (unpaired) electrons. The van der Waals surface area contributed by atoms with Gasteiger partial charge in [0, 0.05) is 25.9 Å². The molecule has 0 aromatic rings. The molecule has 18 heavy (non-hydrogen) atoms. The summed E-state index contributed by atoms with van der Waals surface area (Å²) in [5.74, 6) is 0.441. The molecule has 0 bridgehead atoms. The van der Waals surface area contributed by atoms with E-state index in [1.54, 1.807) is 13.8 Å². The molecule has 0 rings (SSSR count). The third-order valence-corrected chi connectivity index (χ3v) is 2.98. The second kappa shape index (κ2) is 10.00. The van der Waals surface area contributed by atoms with Crippen molar-refractivity contribution in [2.75, 3.05) is 13.1 Å². The van der Waals surface area contributed by atoms with E-state index in [1.807, 2.05) is 4.90 Å². The third-order valence-electron chi connectivity index (χ3n) is 2.73. The van der Waals surface area contributed by atoms with Crippen LogP contribution in [0.2, 0.25) is 0 Å².